The average Bonchev–Trinajstić information content (AvgIpc) is 2.43. The van der Waals surface area contributed by atoms with E-state index in [4.69, 9.17) is 9.47 Å². The summed E-state index contributed by atoms with van der Waals surface area (Å²) in [6.07, 6.45) is 3.26. The minimum atomic E-state index is -0.105. The van der Waals surface area contributed by atoms with Crippen LogP contribution in [0.25, 0.3) is 6.08 Å². The van der Waals surface area contributed by atoms with Crippen LogP contribution in [0.4, 0.5) is 0 Å². The number of likely N-dealkylation sites (N-methyl/N-ethyl adjacent to an activating group) is 1. The molecule has 20 heavy (non-hydrogen) atoms. The average molecular weight is 277 g/mol. The number of nitrogens with one attached hydrogen (secondary N) is 1. The highest BCUT2D eigenvalue weighted by Gasteiger charge is 2.06. The first-order valence-electron chi connectivity index (χ1n) is 6.83. The third-order valence-electron chi connectivity index (χ3n) is 2.54. The minimum Gasteiger partial charge on any atom is -0.493 e. The Bertz CT molecular complexity index is 467. The van der Waals surface area contributed by atoms with E-state index in [1.807, 2.05) is 25.1 Å². The van der Waals surface area contributed by atoms with E-state index in [0.29, 0.717) is 24.8 Å². The van der Waals surface area contributed by atoms with E-state index >= 15 is 0 Å². The summed E-state index contributed by atoms with van der Waals surface area (Å²) in [4.78, 5) is 11.4. The van der Waals surface area contributed by atoms with Gasteiger partial charge < -0.3 is 14.8 Å². The van der Waals surface area contributed by atoms with Crippen LogP contribution in [0, 0.1) is 5.92 Å². The summed E-state index contributed by atoms with van der Waals surface area (Å²) in [5.74, 6) is 1.74. The molecule has 4 nitrogen and oxygen atoms in total. The summed E-state index contributed by atoms with van der Waals surface area (Å²) in [5.41, 5.74) is 0.894. The van der Waals surface area contributed by atoms with E-state index in [1.54, 1.807) is 13.2 Å². The van der Waals surface area contributed by atoms with Crippen molar-refractivity contribution in [1.82, 2.24) is 5.32 Å². The number of carbonyl (C=O) groups excluding carboxylic acids is 1. The number of methoxy groups -OCH3 is 1. The van der Waals surface area contributed by atoms with Crippen LogP contribution in [0.5, 0.6) is 11.5 Å². The monoisotopic (exact) mass is 277 g/mol. The number of carbonyl (C=O) groups is 1. The lowest BCUT2D eigenvalue weighted by atomic mass is 10.2. The molecule has 0 bridgehead atoms. The van der Waals surface area contributed by atoms with Gasteiger partial charge in [0.25, 0.3) is 0 Å². The van der Waals surface area contributed by atoms with Crippen LogP contribution in [0.15, 0.2) is 24.3 Å². The fraction of sp³-hybridized carbons (Fsp3) is 0.438. The van der Waals surface area contributed by atoms with Gasteiger partial charge in [0.05, 0.1) is 13.7 Å². The second-order valence-electron chi connectivity index (χ2n) is 4.84. The van der Waals surface area contributed by atoms with Crippen LogP contribution in [0.2, 0.25) is 0 Å². The van der Waals surface area contributed by atoms with Crippen molar-refractivity contribution in [3.8, 4) is 11.5 Å². The molecule has 0 aliphatic rings. The number of benzene rings is 1. The Hall–Kier alpha value is -1.97. The highest BCUT2D eigenvalue weighted by atomic mass is 16.5. The maximum Gasteiger partial charge on any atom is 0.243 e. The molecule has 1 amide bonds. The fourth-order valence-corrected chi connectivity index (χ4v) is 1.57. The van der Waals surface area contributed by atoms with E-state index < -0.39 is 0 Å². The zero-order valence-corrected chi connectivity index (χ0v) is 12.6. The zero-order chi connectivity index (χ0) is 15.0. The molecule has 0 radical (unpaired) electrons. The predicted molar refractivity (Wildman–Crippen MR) is 81.0 cm³/mol. The van der Waals surface area contributed by atoms with Gasteiger partial charge in [-0.2, -0.15) is 0 Å². The first-order valence-corrected chi connectivity index (χ1v) is 6.83. The normalized spacial score (nSPS) is 10.8. The number of rotatable bonds is 7. The summed E-state index contributed by atoms with van der Waals surface area (Å²) in [7, 11) is 1.61. The van der Waals surface area contributed by atoms with Crippen molar-refractivity contribution >= 4 is 12.0 Å². The van der Waals surface area contributed by atoms with E-state index in [9.17, 15) is 4.79 Å². The molecule has 0 heterocycles. The summed E-state index contributed by atoms with van der Waals surface area (Å²) in [5, 5.41) is 2.71. The van der Waals surface area contributed by atoms with Gasteiger partial charge in [0.1, 0.15) is 0 Å². The van der Waals surface area contributed by atoms with Crippen molar-refractivity contribution in [3.05, 3.63) is 29.8 Å². The second kappa shape index (κ2) is 8.25. The zero-order valence-electron chi connectivity index (χ0n) is 12.6. The van der Waals surface area contributed by atoms with E-state index in [0.717, 1.165) is 11.3 Å². The van der Waals surface area contributed by atoms with Crippen molar-refractivity contribution < 1.29 is 14.3 Å². The topological polar surface area (TPSA) is 47.6 Å². The van der Waals surface area contributed by atoms with Gasteiger partial charge in [0, 0.05) is 12.6 Å². The van der Waals surface area contributed by atoms with Gasteiger partial charge in [0.2, 0.25) is 5.91 Å². The van der Waals surface area contributed by atoms with Crippen molar-refractivity contribution in [2.45, 2.75) is 20.8 Å². The van der Waals surface area contributed by atoms with E-state index in [-0.39, 0.29) is 5.91 Å². The molecular formula is C16H23NO3. The lowest BCUT2D eigenvalue weighted by Crippen LogP contribution is -2.19. The molecule has 0 aromatic heterocycles. The summed E-state index contributed by atoms with van der Waals surface area (Å²) >= 11 is 0. The standard InChI is InChI=1S/C16H23NO3/c1-5-17-16(18)9-7-13-6-8-14(15(10-13)19-4)20-11-12(2)3/h6-10,12H,5,11H2,1-4H3,(H,17,18). The molecule has 0 saturated heterocycles. The second-order valence-corrected chi connectivity index (χ2v) is 4.84. The summed E-state index contributed by atoms with van der Waals surface area (Å²) < 4.78 is 11.0. The summed E-state index contributed by atoms with van der Waals surface area (Å²) in [6, 6.07) is 5.61. The number of amides is 1. The lowest BCUT2D eigenvalue weighted by Gasteiger charge is -2.12. The molecule has 4 heteroatoms. The van der Waals surface area contributed by atoms with Crippen LogP contribution < -0.4 is 14.8 Å². The Morgan fingerprint density at radius 2 is 2.10 bits per heavy atom. The van der Waals surface area contributed by atoms with E-state index in [1.165, 1.54) is 6.08 Å². The van der Waals surface area contributed by atoms with Crippen LogP contribution in [-0.2, 0) is 4.79 Å². The third-order valence-corrected chi connectivity index (χ3v) is 2.54. The Labute approximate surface area is 120 Å². The highest BCUT2D eigenvalue weighted by molar-refractivity contribution is 5.91. The van der Waals surface area contributed by atoms with Gasteiger partial charge in [-0.1, -0.05) is 19.9 Å². The highest BCUT2D eigenvalue weighted by Crippen LogP contribution is 2.28. The maximum absolute atomic E-state index is 11.4. The molecule has 1 aromatic rings. The van der Waals surface area contributed by atoms with Gasteiger partial charge in [-0.25, -0.2) is 0 Å². The molecule has 1 N–H and O–H groups in total. The van der Waals surface area contributed by atoms with Gasteiger partial charge in [-0.15, -0.1) is 0 Å². The van der Waals surface area contributed by atoms with Gasteiger partial charge in [0.15, 0.2) is 11.5 Å². The maximum atomic E-state index is 11.4. The molecule has 0 fully saturated rings. The Morgan fingerprint density at radius 3 is 2.70 bits per heavy atom. The molecule has 110 valence electrons. The summed E-state index contributed by atoms with van der Waals surface area (Å²) in [6.45, 7) is 7.33. The van der Waals surface area contributed by atoms with Crippen molar-refractivity contribution in [3.63, 3.8) is 0 Å². The van der Waals surface area contributed by atoms with Gasteiger partial charge in [-0.3, -0.25) is 4.79 Å². The SMILES string of the molecule is CCNC(=O)C=Cc1ccc(OCC(C)C)c(OC)c1. The van der Waals surface area contributed by atoms with Gasteiger partial charge >= 0.3 is 0 Å². The number of hydrogen-bond acceptors (Lipinski definition) is 3. The predicted octanol–water partition coefficient (Wildman–Crippen LogP) is 2.88. The molecule has 0 spiro atoms. The van der Waals surface area contributed by atoms with Crippen LogP contribution in [0.3, 0.4) is 0 Å². The molecule has 1 aromatic carbocycles. The molecule has 0 unspecified atom stereocenters. The quantitative estimate of drug-likeness (QED) is 0.780. The number of ether oxygens (including phenoxy) is 2. The van der Waals surface area contributed by atoms with E-state index in [2.05, 4.69) is 19.2 Å². The molecule has 1 rings (SSSR count). The van der Waals surface area contributed by atoms with Gasteiger partial charge in [-0.05, 0) is 36.6 Å². The Kier molecular flexibility index (Phi) is 6.64. The minimum absolute atomic E-state index is 0.105. The van der Waals surface area contributed by atoms with Crippen LogP contribution in [0.1, 0.15) is 26.3 Å². The van der Waals surface area contributed by atoms with Crippen LogP contribution >= 0.6 is 0 Å². The van der Waals surface area contributed by atoms with Crippen molar-refractivity contribution in [2.24, 2.45) is 5.92 Å². The third kappa shape index (κ3) is 5.34. The molecule has 0 atom stereocenters. The molecular weight excluding hydrogens is 254 g/mol. The smallest absolute Gasteiger partial charge is 0.243 e. The van der Waals surface area contributed by atoms with Crippen LogP contribution in [-0.4, -0.2) is 26.2 Å². The fourth-order valence-electron chi connectivity index (χ4n) is 1.57. The number of hydrogen-bond donors (Lipinski definition) is 1. The molecule has 0 aliphatic heterocycles. The Balaban J connectivity index is 2.78. The van der Waals surface area contributed by atoms with Crippen molar-refractivity contribution in [2.75, 3.05) is 20.3 Å². The molecule has 0 saturated carbocycles. The first kappa shape index (κ1) is 16.1. The lowest BCUT2D eigenvalue weighted by molar-refractivity contribution is -0.116. The molecule has 0 aliphatic carbocycles. The first-order chi connectivity index (χ1) is 9.56. The Morgan fingerprint density at radius 1 is 1.35 bits per heavy atom. The largest absolute Gasteiger partial charge is 0.493 e. The van der Waals surface area contributed by atoms with Crippen molar-refractivity contribution in [1.29, 1.82) is 0 Å².